The molecule has 4 aromatic heterocycles. The predicted octanol–water partition coefficient (Wildman–Crippen LogP) is 2.56. The highest BCUT2D eigenvalue weighted by Crippen LogP contribution is 2.20. The minimum Gasteiger partial charge on any atom is -0.442 e. The summed E-state index contributed by atoms with van der Waals surface area (Å²) in [5, 5.41) is 0. The van der Waals surface area contributed by atoms with Crippen LogP contribution in [0.1, 0.15) is 11.1 Å². The molecule has 0 saturated carbocycles. The molecule has 1 saturated heterocycles. The zero-order valence-corrected chi connectivity index (χ0v) is 19.4. The fraction of sp³-hybridized carbons (Fsp3) is 0.292. The van der Waals surface area contributed by atoms with Gasteiger partial charge in [-0.2, -0.15) is 0 Å². The van der Waals surface area contributed by atoms with Crippen molar-refractivity contribution in [2.75, 3.05) is 49.3 Å². The second-order valence-electron chi connectivity index (χ2n) is 7.99. The Morgan fingerprint density at radius 1 is 0.917 bits per heavy atom. The normalized spacial score (nSPS) is 16.1. The average Bonchev–Trinajstić information content (AvgIpc) is 3.48. The first-order valence-electron chi connectivity index (χ1n) is 11.4. The second-order valence-corrected chi connectivity index (χ2v) is 7.99. The van der Waals surface area contributed by atoms with Gasteiger partial charge < -0.3 is 19.0 Å². The van der Waals surface area contributed by atoms with Gasteiger partial charge in [-0.1, -0.05) is 18.2 Å². The second kappa shape index (κ2) is 11.4. The Hall–Kier alpha value is -4.32. The summed E-state index contributed by atoms with van der Waals surface area (Å²) in [7, 11) is 0. The number of hydrogen-bond acceptors (Lipinski definition) is 11. The summed E-state index contributed by atoms with van der Waals surface area (Å²) in [6.07, 6.45) is 15.1. The van der Waals surface area contributed by atoms with Crippen molar-refractivity contribution in [3.8, 4) is 11.5 Å². The zero-order valence-electron chi connectivity index (χ0n) is 19.4. The molecular formula is C24H24FN9O2. The summed E-state index contributed by atoms with van der Waals surface area (Å²) in [6, 6.07) is 3.75. The summed E-state index contributed by atoms with van der Waals surface area (Å²) in [4.78, 5) is 34.0. The van der Waals surface area contributed by atoms with Crippen LogP contribution in [0.3, 0.4) is 0 Å². The maximum absolute atomic E-state index is 12.6. The number of oxazole rings is 1. The molecule has 0 aliphatic carbocycles. The van der Waals surface area contributed by atoms with Gasteiger partial charge in [-0.3, -0.25) is 4.98 Å². The number of anilines is 2. The number of ether oxygens (including phenoxy) is 1. The van der Waals surface area contributed by atoms with Crippen molar-refractivity contribution in [3.63, 3.8) is 0 Å². The highest BCUT2D eigenvalue weighted by molar-refractivity contribution is 5.69. The summed E-state index contributed by atoms with van der Waals surface area (Å²) in [5.41, 5.74) is 2.53. The number of piperazine rings is 1. The van der Waals surface area contributed by atoms with Crippen LogP contribution in [-0.2, 0) is 4.74 Å². The summed E-state index contributed by atoms with van der Waals surface area (Å²) in [5.74, 6) is 1.82. The molecule has 1 fully saturated rings. The number of aromatic nitrogens is 7. The van der Waals surface area contributed by atoms with Crippen molar-refractivity contribution in [1.82, 2.24) is 34.9 Å². The largest absolute Gasteiger partial charge is 0.442 e. The highest BCUT2D eigenvalue weighted by Gasteiger charge is 2.30. The van der Waals surface area contributed by atoms with Crippen LogP contribution in [0.4, 0.5) is 16.3 Å². The van der Waals surface area contributed by atoms with Crippen LogP contribution in [0, 0.1) is 0 Å². The maximum atomic E-state index is 12.6. The van der Waals surface area contributed by atoms with Gasteiger partial charge in [-0.25, -0.2) is 34.3 Å². The van der Waals surface area contributed by atoms with Crippen LogP contribution in [-0.4, -0.2) is 80.5 Å². The number of alkyl halides is 1. The third-order valence-electron chi connectivity index (χ3n) is 5.63. The number of nitrogens with zero attached hydrogens (tertiary/aromatic N) is 9. The van der Waals surface area contributed by atoms with Gasteiger partial charge in [0.15, 0.2) is 12.2 Å². The van der Waals surface area contributed by atoms with Crippen molar-refractivity contribution in [1.29, 1.82) is 0 Å². The molecule has 4 aromatic rings. The van der Waals surface area contributed by atoms with Crippen LogP contribution in [0.5, 0.6) is 0 Å². The van der Waals surface area contributed by atoms with E-state index in [-0.39, 0.29) is 12.6 Å². The molecular weight excluding hydrogens is 465 g/mol. The van der Waals surface area contributed by atoms with Crippen molar-refractivity contribution in [2.45, 2.75) is 6.04 Å². The molecule has 0 bridgehead atoms. The first-order valence-corrected chi connectivity index (χ1v) is 11.4. The number of pyridine rings is 1. The molecule has 0 N–H and O–H groups in total. The minimum absolute atomic E-state index is 0.0530. The molecule has 1 atom stereocenters. The lowest BCUT2D eigenvalue weighted by atomic mass is 10.2. The molecule has 11 nitrogen and oxygen atoms in total. The molecule has 1 aliphatic rings. The Bertz CT molecular complexity index is 1240. The Labute approximate surface area is 206 Å². The monoisotopic (exact) mass is 489 g/mol. The smallest absolute Gasteiger partial charge is 0.228 e. The van der Waals surface area contributed by atoms with Crippen LogP contribution in [0.15, 0.2) is 60.4 Å². The Balaban J connectivity index is 1.23. The lowest BCUT2D eigenvalue weighted by molar-refractivity contribution is 0.104. The molecule has 5 rings (SSSR count). The Morgan fingerprint density at radius 3 is 2.44 bits per heavy atom. The highest BCUT2D eigenvalue weighted by atomic mass is 19.1. The fourth-order valence-electron chi connectivity index (χ4n) is 3.86. The lowest BCUT2D eigenvalue weighted by Crippen LogP contribution is -2.56. The average molecular weight is 490 g/mol. The molecule has 0 amide bonds. The molecule has 1 aliphatic heterocycles. The first-order chi connectivity index (χ1) is 17.8. The third kappa shape index (κ3) is 5.66. The zero-order chi connectivity index (χ0) is 24.6. The van der Waals surface area contributed by atoms with Crippen molar-refractivity contribution in [3.05, 3.63) is 67.1 Å². The summed E-state index contributed by atoms with van der Waals surface area (Å²) >= 11 is 0. The number of hydrogen-bond donors (Lipinski definition) is 0. The van der Waals surface area contributed by atoms with E-state index >= 15 is 0 Å². The molecule has 12 heteroatoms. The molecule has 0 unspecified atom stereocenters. The van der Waals surface area contributed by atoms with E-state index in [9.17, 15) is 4.39 Å². The predicted molar refractivity (Wildman–Crippen MR) is 131 cm³/mol. The van der Waals surface area contributed by atoms with Crippen molar-refractivity contribution < 1.29 is 13.5 Å². The van der Waals surface area contributed by atoms with E-state index in [1.165, 1.54) is 19.0 Å². The fourth-order valence-corrected chi connectivity index (χ4v) is 3.86. The maximum Gasteiger partial charge on any atom is 0.228 e. The summed E-state index contributed by atoms with van der Waals surface area (Å²) < 4.78 is 23.3. The lowest BCUT2D eigenvalue weighted by Gasteiger charge is -2.41. The quantitative estimate of drug-likeness (QED) is 0.323. The van der Waals surface area contributed by atoms with Crippen molar-refractivity contribution in [2.24, 2.45) is 0 Å². The minimum atomic E-state index is -0.526. The van der Waals surface area contributed by atoms with E-state index in [4.69, 9.17) is 9.15 Å². The topological polar surface area (TPSA) is 119 Å². The van der Waals surface area contributed by atoms with E-state index in [0.29, 0.717) is 43.9 Å². The molecule has 5 heterocycles. The van der Waals surface area contributed by atoms with Crippen LogP contribution >= 0.6 is 0 Å². The Morgan fingerprint density at radius 2 is 1.72 bits per heavy atom. The first kappa shape index (κ1) is 23.4. The molecule has 184 valence electrons. The van der Waals surface area contributed by atoms with Gasteiger partial charge >= 0.3 is 0 Å². The summed E-state index contributed by atoms with van der Waals surface area (Å²) in [6.45, 7) is 1.80. The molecule has 36 heavy (non-hydrogen) atoms. The number of halogens is 1. The van der Waals surface area contributed by atoms with E-state index in [0.717, 1.165) is 16.8 Å². The molecule has 0 radical (unpaired) electrons. The molecule has 0 aromatic carbocycles. The standard InChI is InChI=1S/C24H24FN9O2/c25-5-8-35-14-20-13-33(6-7-34(20)24-31-15-27-16-32-24)23-29-10-19(11-30-23)2-1-18-3-4-21(28-9-18)22-12-26-17-36-22/h1-4,9-12,15-17,20H,5-8,13-14H2/b2-1+/t20-/m1/s1. The van der Waals surface area contributed by atoms with Gasteiger partial charge in [0.25, 0.3) is 0 Å². The van der Waals surface area contributed by atoms with Gasteiger partial charge in [-0.05, 0) is 11.6 Å². The van der Waals surface area contributed by atoms with Gasteiger partial charge in [-0.15, -0.1) is 0 Å². The Kier molecular flexibility index (Phi) is 7.42. The van der Waals surface area contributed by atoms with E-state index in [2.05, 4.69) is 44.7 Å². The van der Waals surface area contributed by atoms with Gasteiger partial charge in [0.2, 0.25) is 11.9 Å². The third-order valence-corrected chi connectivity index (χ3v) is 5.63. The van der Waals surface area contributed by atoms with Gasteiger partial charge in [0.1, 0.15) is 25.0 Å². The SMILES string of the molecule is FCCOC[C@H]1CN(c2ncc(/C=C/c3ccc(-c4cnco4)nc3)cn2)CCN1c1ncncn1. The van der Waals surface area contributed by atoms with Gasteiger partial charge in [0, 0.05) is 43.8 Å². The molecule has 0 spiro atoms. The van der Waals surface area contributed by atoms with Crippen LogP contribution in [0.25, 0.3) is 23.6 Å². The van der Waals surface area contributed by atoms with E-state index in [1.807, 2.05) is 24.3 Å². The van der Waals surface area contributed by atoms with Crippen molar-refractivity contribution >= 4 is 24.0 Å². The van der Waals surface area contributed by atoms with Crippen LogP contribution < -0.4 is 9.80 Å². The number of rotatable bonds is 9. The van der Waals surface area contributed by atoms with E-state index in [1.54, 1.807) is 24.8 Å². The van der Waals surface area contributed by atoms with Gasteiger partial charge in [0.05, 0.1) is 25.5 Å². The van der Waals surface area contributed by atoms with E-state index < -0.39 is 6.67 Å². The van der Waals surface area contributed by atoms with Crippen LogP contribution in [0.2, 0.25) is 0 Å².